The van der Waals surface area contributed by atoms with Crippen molar-refractivity contribution in [3.63, 3.8) is 0 Å². The number of carboxylic acids is 1. The smallest absolute Gasteiger partial charge is 0.307 e. The van der Waals surface area contributed by atoms with Crippen molar-refractivity contribution in [2.24, 2.45) is 5.92 Å². The summed E-state index contributed by atoms with van der Waals surface area (Å²) in [7, 11) is 0. The minimum atomic E-state index is -0.641. The van der Waals surface area contributed by atoms with Gasteiger partial charge in [-0.05, 0) is 24.8 Å². The summed E-state index contributed by atoms with van der Waals surface area (Å²) in [6.07, 6.45) is 3.00. The summed E-state index contributed by atoms with van der Waals surface area (Å²) in [6, 6.07) is 10.8. The molecule has 0 radical (unpaired) electrons. The number of rotatable bonds is 2. The second kappa shape index (κ2) is 4.15. The quantitative estimate of drug-likeness (QED) is 0.818. The number of nitrogens with one attached hydrogen (secondary N) is 1. The van der Waals surface area contributed by atoms with Crippen molar-refractivity contribution in [2.45, 2.75) is 37.3 Å². The van der Waals surface area contributed by atoms with E-state index in [9.17, 15) is 9.90 Å². The molecule has 0 aliphatic carbocycles. The summed E-state index contributed by atoms with van der Waals surface area (Å²) in [4.78, 5) is 11.4. The van der Waals surface area contributed by atoms with Crippen molar-refractivity contribution in [3.8, 4) is 0 Å². The van der Waals surface area contributed by atoms with Crippen LogP contribution < -0.4 is 5.32 Å². The van der Waals surface area contributed by atoms with Gasteiger partial charge in [-0.2, -0.15) is 0 Å². The van der Waals surface area contributed by atoms with E-state index in [4.69, 9.17) is 0 Å². The van der Waals surface area contributed by atoms with E-state index in [1.165, 1.54) is 0 Å². The second-order valence-corrected chi connectivity index (χ2v) is 5.16. The van der Waals surface area contributed by atoms with Crippen molar-refractivity contribution >= 4 is 5.97 Å². The lowest BCUT2D eigenvalue weighted by Gasteiger charge is -2.35. The zero-order chi connectivity index (χ0) is 11.8. The maximum atomic E-state index is 11.4. The van der Waals surface area contributed by atoms with Gasteiger partial charge in [-0.1, -0.05) is 30.3 Å². The highest BCUT2D eigenvalue weighted by molar-refractivity contribution is 5.72. The molecule has 2 aliphatic heterocycles. The van der Waals surface area contributed by atoms with Crippen LogP contribution in [0.5, 0.6) is 0 Å². The van der Waals surface area contributed by atoms with Gasteiger partial charge in [-0.15, -0.1) is 0 Å². The molecule has 90 valence electrons. The summed E-state index contributed by atoms with van der Waals surface area (Å²) < 4.78 is 0. The summed E-state index contributed by atoms with van der Waals surface area (Å²) in [5.74, 6) is -0.735. The largest absolute Gasteiger partial charge is 0.481 e. The van der Waals surface area contributed by atoms with Gasteiger partial charge in [0.15, 0.2) is 0 Å². The molecular formula is C14H17NO2. The van der Waals surface area contributed by atoms with Crippen LogP contribution in [-0.2, 0) is 4.79 Å². The Morgan fingerprint density at radius 2 is 2.00 bits per heavy atom. The maximum Gasteiger partial charge on any atom is 0.307 e. The van der Waals surface area contributed by atoms with Crippen LogP contribution in [0.2, 0.25) is 0 Å². The fourth-order valence-corrected chi connectivity index (χ4v) is 3.45. The Kier molecular flexibility index (Phi) is 2.63. The highest BCUT2D eigenvalue weighted by Crippen LogP contribution is 2.41. The third-order valence-electron chi connectivity index (χ3n) is 4.18. The van der Waals surface area contributed by atoms with Crippen LogP contribution in [0, 0.1) is 5.92 Å². The Morgan fingerprint density at radius 1 is 1.24 bits per heavy atom. The lowest BCUT2D eigenvalue weighted by Crippen LogP contribution is -2.46. The van der Waals surface area contributed by atoms with Gasteiger partial charge in [0.1, 0.15) is 0 Å². The topological polar surface area (TPSA) is 49.3 Å². The number of fused-ring (bicyclic) bond motifs is 2. The summed E-state index contributed by atoms with van der Waals surface area (Å²) in [6.45, 7) is 0. The van der Waals surface area contributed by atoms with Gasteiger partial charge in [-0.3, -0.25) is 4.79 Å². The van der Waals surface area contributed by atoms with Crippen LogP contribution in [0.25, 0.3) is 0 Å². The predicted molar refractivity (Wildman–Crippen MR) is 64.9 cm³/mol. The first-order valence-corrected chi connectivity index (χ1v) is 6.29. The average molecular weight is 231 g/mol. The number of piperidine rings is 1. The lowest BCUT2D eigenvalue weighted by molar-refractivity contribution is -0.143. The minimum absolute atomic E-state index is 0.132. The van der Waals surface area contributed by atoms with Crippen LogP contribution in [0.15, 0.2) is 30.3 Å². The fraction of sp³-hybridized carbons (Fsp3) is 0.500. The molecule has 2 N–H and O–H groups in total. The van der Waals surface area contributed by atoms with Crippen LogP contribution in [0.1, 0.15) is 30.7 Å². The Balaban J connectivity index is 1.96. The van der Waals surface area contributed by atoms with E-state index >= 15 is 0 Å². The monoisotopic (exact) mass is 231 g/mol. The molecule has 17 heavy (non-hydrogen) atoms. The van der Waals surface area contributed by atoms with E-state index in [0.717, 1.165) is 24.8 Å². The van der Waals surface area contributed by atoms with Gasteiger partial charge >= 0.3 is 5.97 Å². The molecule has 2 heterocycles. The van der Waals surface area contributed by atoms with Gasteiger partial charge in [-0.25, -0.2) is 0 Å². The van der Waals surface area contributed by atoms with Crippen molar-refractivity contribution in [1.29, 1.82) is 0 Å². The van der Waals surface area contributed by atoms with E-state index < -0.39 is 5.97 Å². The molecule has 2 saturated heterocycles. The molecule has 0 amide bonds. The Hall–Kier alpha value is -1.35. The van der Waals surface area contributed by atoms with E-state index in [0.29, 0.717) is 12.1 Å². The molecule has 3 nitrogen and oxygen atoms in total. The normalized spacial score (nSPS) is 35.8. The van der Waals surface area contributed by atoms with Gasteiger partial charge in [0.05, 0.1) is 5.92 Å². The molecule has 0 saturated carbocycles. The highest BCUT2D eigenvalue weighted by atomic mass is 16.4. The van der Waals surface area contributed by atoms with Crippen molar-refractivity contribution in [1.82, 2.24) is 5.32 Å². The fourth-order valence-electron chi connectivity index (χ4n) is 3.45. The minimum Gasteiger partial charge on any atom is -0.481 e. The van der Waals surface area contributed by atoms with E-state index in [-0.39, 0.29) is 11.8 Å². The summed E-state index contributed by atoms with van der Waals surface area (Å²) in [5.41, 5.74) is 1.16. The van der Waals surface area contributed by atoms with Crippen LogP contribution in [-0.4, -0.2) is 23.2 Å². The van der Waals surface area contributed by atoms with Crippen molar-refractivity contribution in [3.05, 3.63) is 35.9 Å². The molecule has 2 aliphatic rings. The molecule has 3 heteroatoms. The lowest BCUT2D eigenvalue weighted by atomic mass is 9.77. The van der Waals surface area contributed by atoms with Gasteiger partial charge in [0.2, 0.25) is 0 Å². The van der Waals surface area contributed by atoms with E-state index in [1.807, 2.05) is 18.2 Å². The molecule has 4 unspecified atom stereocenters. The molecule has 4 atom stereocenters. The molecule has 0 aromatic heterocycles. The van der Waals surface area contributed by atoms with Gasteiger partial charge in [0.25, 0.3) is 0 Å². The zero-order valence-electron chi connectivity index (χ0n) is 9.67. The van der Waals surface area contributed by atoms with Gasteiger partial charge < -0.3 is 10.4 Å². The molecule has 2 fully saturated rings. The molecule has 1 aromatic carbocycles. The standard InChI is InChI=1S/C14H17NO2/c16-14(17)11-8-10-6-7-12(15-10)13(11)9-4-2-1-3-5-9/h1-5,10-13,15H,6-8H2,(H,16,17). The number of carboxylic acid groups (broad SMARTS) is 1. The summed E-state index contributed by atoms with van der Waals surface area (Å²) in [5, 5.41) is 13.0. The van der Waals surface area contributed by atoms with Crippen LogP contribution in [0.3, 0.4) is 0 Å². The third-order valence-corrected chi connectivity index (χ3v) is 4.18. The second-order valence-electron chi connectivity index (χ2n) is 5.16. The average Bonchev–Trinajstić information content (AvgIpc) is 2.72. The highest BCUT2D eigenvalue weighted by Gasteiger charge is 2.45. The Labute approximate surface area is 101 Å². The molecular weight excluding hydrogens is 214 g/mol. The first-order valence-electron chi connectivity index (χ1n) is 6.29. The molecule has 1 aromatic rings. The van der Waals surface area contributed by atoms with Crippen LogP contribution >= 0.6 is 0 Å². The van der Waals surface area contributed by atoms with Crippen molar-refractivity contribution in [2.75, 3.05) is 0 Å². The first kappa shape index (κ1) is 10.8. The van der Waals surface area contributed by atoms with Crippen molar-refractivity contribution < 1.29 is 9.90 Å². The Bertz CT molecular complexity index is 417. The first-order chi connectivity index (χ1) is 8.25. The molecule has 0 spiro atoms. The third kappa shape index (κ3) is 1.84. The SMILES string of the molecule is O=C(O)C1CC2CCC(N2)C1c1ccccc1. The predicted octanol–water partition coefficient (Wildman–Crippen LogP) is 2.00. The van der Waals surface area contributed by atoms with Crippen LogP contribution in [0.4, 0.5) is 0 Å². The number of hydrogen-bond donors (Lipinski definition) is 2. The number of carbonyl (C=O) groups is 1. The number of benzene rings is 1. The molecule has 3 rings (SSSR count). The van der Waals surface area contributed by atoms with Gasteiger partial charge in [0, 0.05) is 18.0 Å². The zero-order valence-corrected chi connectivity index (χ0v) is 9.67. The number of hydrogen-bond acceptors (Lipinski definition) is 2. The number of aliphatic carboxylic acids is 1. The Morgan fingerprint density at radius 3 is 2.71 bits per heavy atom. The maximum absolute atomic E-state index is 11.4. The van der Waals surface area contributed by atoms with E-state index in [1.54, 1.807) is 0 Å². The summed E-state index contributed by atoms with van der Waals surface area (Å²) >= 11 is 0. The van der Waals surface area contributed by atoms with E-state index in [2.05, 4.69) is 17.4 Å². The molecule has 2 bridgehead atoms.